The van der Waals surface area contributed by atoms with Crippen LogP contribution in [0.1, 0.15) is 20.8 Å². The van der Waals surface area contributed by atoms with Crippen LogP contribution in [0.2, 0.25) is 0 Å². The van der Waals surface area contributed by atoms with Gasteiger partial charge in [0.25, 0.3) is 0 Å². The number of hydrogen-bond donors (Lipinski definition) is 1. The fraction of sp³-hybridized carbons (Fsp3) is 0.857. The van der Waals surface area contributed by atoms with E-state index in [1.807, 2.05) is 20.8 Å². The first-order valence-electron chi connectivity index (χ1n) is 3.81. The van der Waals surface area contributed by atoms with Gasteiger partial charge in [-0.15, -0.1) is 0 Å². The molecular formula is C7H12N4O. The van der Waals surface area contributed by atoms with E-state index in [-0.39, 0.29) is 17.4 Å². The predicted octanol–water partition coefficient (Wildman–Crippen LogP) is 1.21. The molecule has 66 valence electrons. The van der Waals surface area contributed by atoms with E-state index in [0.29, 0.717) is 0 Å². The lowest BCUT2D eigenvalue weighted by molar-refractivity contribution is -0.133. The fourth-order valence-electron chi connectivity index (χ4n) is 1.24. The van der Waals surface area contributed by atoms with Crippen molar-refractivity contribution in [2.75, 3.05) is 0 Å². The zero-order chi connectivity index (χ0) is 9.35. The number of carbonyl (C=O) groups excluding carboxylic acids is 1. The van der Waals surface area contributed by atoms with E-state index in [0.717, 1.165) is 0 Å². The monoisotopic (exact) mass is 168 g/mol. The highest BCUT2D eigenvalue weighted by Gasteiger charge is 2.45. The Hall–Kier alpha value is -1.22. The van der Waals surface area contributed by atoms with Crippen molar-refractivity contribution in [1.82, 2.24) is 5.32 Å². The van der Waals surface area contributed by atoms with Crippen LogP contribution in [-0.4, -0.2) is 18.0 Å². The van der Waals surface area contributed by atoms with Crippen LogP contribution in [0.25, 0.3) is 10.4 Å². The summed E-state index contributed by atoms with van der Waals surface area (Å²) in [7, 11) is 0. The molecule has 1 N–H and O–H groups in total. The minimum Gasteiger partial charge on any atom is -0.351 e. The number of carbonyl (C=O) groups is 1. The normalized spacial score (nSPS) is 28.4. The van der Waals surface area contributed by atoms with Gasteiger partial charge in [0.1, 0.15) is 6.04 Å². The Balaban J connectivity index is 2.73. The first-order chi connectivity index (χ1) is 5.46. The molecule has 1 aliphatic heterocycles. The Bertz CT molecular complexity index is 247. The zero-order valence-electron chi connectivity index (χ0n) is 7.40. The van der Waals surface area contributed by atoms with Gasteiger partial charge >= 0.3 is 0 Å². The molecule has 0 aromatic carbocycles. The molecule has 0 aromatic heterocycles. The summed E-state index contributed by atoms with van der Waals surface area (Å²) in [5, 5.41) is 6.14. The van der Waals surface area contributed by atoms with Crippen LogP contribution < -0.4 is 5.32 Å². The van der Waals surface area contributed by atoms with Crippen molar-refractivity contribution in [3.63, 3.8) is 0 Å². The summed E-state index contributed by atoms with van der Waals surface area (Å²) in [5.41, 5.74) is 8.13. The van der Waals surface area contributed by atoms with Gasteiger partial charge in [-0.2, -0.15) is 0 Å². The molecule has 1 fully saturated rings. The lowest BCUT2D eigenvalue weighted by Gasteiger charge is -2.42. The molecule has 5 nitrogen and oxygen atoms in total. The molecule has 0 radical (unpaired) electrons. The van der Waals surface area contributed by atoms with E-state index in [4.69, 9.17) is 5.53 Å². The van der Waals surface area contributed by atoms with Gasteiger partial charge in [-0.25, -0.2) is 0 Å². The second-order valence-corrected chi connectivity index (χ2v) is 4.00. The van der Waals surface area contributed by atoms with E-state index in [1.54, 1.807) is 0 Å². The predicted molar refractivity (Wildman–Crippen MR) is 44.3 cm³/mol. The van der Waals surface area contributed by atoms with Crippen molar-refractivity contribution in [2.45, 2.75) is 32.9 Å². The van der Waals surface area contributed by atoms with Crippen LogP contribution in [-0.2, 0) is 4.79 Å². The van der Waals surface area contributed by atoms with E-state index in [1.165, 1.54) is 0 Å². The van der Waals surface area contributed by atoms with Crippen molar-refractivity contribution in [3.8, 4) is 0 Å². The van der Waals surface area contributed by atoms with Crippen molar-refractivity contribution in [1.29, 1.82) is 0 Å². The second kappa shape index (κ2) is 2.68. The van der Waals surface area contributed by atoms with Gasteiger partial charge in [-0.1, -0.05) is 25.9 Å². The maximum atomic E-state index is 10.9. The number of β-lactam (4-membered cyclic amide) rings is 1. The van der Waals surface area contributed by atoms with Gasteiger partial charge in [0.15, 0.2) is 0 Å². The average Bonchev–Trinajstić information content (AvgIpc) is 1.93. The van der Waals surface area contributed by atoms with E-state index < -0.39 is 6.04 Å². The Labute approximate surface area is 70.8 Å². The Morgan fingerprint density at radius 2 is 2.17 bits per heavy atom. The molecule has 1 heterocycles. The second-order valence-electron chi connectivity index (χ2n) is 4.00. The number of hydrogen-bond acceptors (Lipinski definition) is 2. The quantitative estimate of drug-likeness (QED) is 0.271. The van der Waals surface area contributed by atoms with Crippen LogP contribution in [0.3, 0.4) is 0 Å². The minimum atomic E-state index is -0.519. The molecule has 2 unspecified atom stereocenters. The molecule has 1 rings (SSSR count). The van der Waals surface area contributed by atoms with E-state index in [9.17, 15) is 4.79 Å². The van der Waals surface area contributed by atoms with E-state index in [2.05, 4.69) is 15.3 Å². The summed E-state index contributed by atoms with van der Waals surface area (Å²) in [6, 6.07) is -0.545. The van der Waals surface area contributed by atoms with Gasteiger partial charge < -0.3 is 5.32 Å². The summed E-state index contributed by atoms with van der Waals surface area (Å²) in [4.78, 5) is 13.5. The fourth-order valence-corrected chi connectivity index (χ4v) is 1.24. The minimum absolute atomic E-state index is 0.0269. The van der Waals surface area contributed by atoms with Crippen LogP contribution >= 0.6 is 0 Å². The van der Waals surface area contributed by atoms with Crippen molar-refractivity contribution in [3.05, 3.63) is 10.4 Å². The van der Waals surface area contributed by atoms with Crippen LogP contribution in [0, 0.1) is 5.41 Å². The maximum Gasteiger partial charge on any atom is 0.231 e. The third kappa shape index (κ3) is 1.36. The maximum absolute atomic E-state index is 10.9. The molecule has 0 aliphatic carbocycles. The first-order valence-corrected chi connectivity index (χ1v) is 3.81. The van der Waals surface area contributed by atoms with Crippen molar-refractivity contribution >= 4 is 5.91 Å². The highest BCUT2D eigenvalue weighted by molar-refractivity contribution is 5.89. The molecule has 0 bridgehead atoms. The molecule has 1 saturated heterocycles. The van der Waals surface area contributed by atoms with Gasteiger partial charge in [0.2, 0.25) is 5.91 Å². The summed E-state index contributed by atoms with van der Waals surface area (Å²) in [5.74, 6) is -0.173. The Morgan fingerprint density at radius 1 is 1.58 bits per heavy atom. The first kappa shape index (κ1) is 8.87. The average molecular weight is 168 g/mol. The highest BCUT2D eigenvalue weighted by Crippen LogP contribution is 2.28. The molecular weight excluding hydrogens is 156 g/mol. The summed E-state index contributed by atoms with van der Waals surface area (Å²) < 4.78 is 0. The smallest absolute Gasteiger partial charge is 0.231 e. The molecule has 1 aliphatic rings. The number of azide groups is 1. The van der Waals surface area contributed by atoms with E-state index >= 15 is 0 Å². The Kier molecular flexibility index (Phi) is 1.98. The topological polar surface area (TPSA) is 77.9 Å². The highest BCUT2D eigenvalue weighted by atomic mass is 16.2. The summed E-state index contributed by atoms with van der Waals surface area (Å²) >= 11 is 0. The molecule has 0 saturated carbocycles. The third-order valence-electron chi connectivity index (χ3n) is 1.99. The van der Waals surface area contributed by atoms with Crippen molar-refractivity contribution < 1.29 is 4.79 Å². The molecule has 12 heavy (non-hydrogen) atoms. The van der Waals surface area contributed by atoms with Gasteiger partial charge in [0, 0.05) is 4.91 Å². The molecule has 5 heteroatoms. The summed E-state index contributed by atoms with van der Waals surface area (Å²) in [6.45, 7) is 5.99. The standard InChI is InChI=1S/C7H12N4O/c1-7(2,3)5-4(10-11-8)6(12)9-5/h4-5H,1-3H3,(H,9,12). The van der Waals surface area contributed by atoms with Gasteiger partial charge in [-0.05, 0) is 10.9 Å². The van der Waals surface area contributed by atoms with Crippen molar-refractivity contribution in [2.24, 2.45) is 10.5 Å². The van der Waals surface area contributed by atoms with Crippen LogP contribution in [0.5, 0.6) is 0 Å². The number of nitrogens with one attached hydrogen (secondary N) is 1. The molecule has 0 spiro atoms. The number of amides is 1. The lowest BCUT2D eigenvalue weighted by Crippen LogP contribution is -2.66. The van der Waals surface area contributed by atoms with Crippen LogP contribution in [0.15, 0.2) is 5.11 Å². The molecule has 2 atom stereocenters. The molecule has 1 amide bonds. The largest absolute Gasteiger partial charge is 0.351 e. The molecule has 0 aromatic rings. The number of nitrogens with zero attached hydrogens (tertiary/aromatic N) is 3. The third-order valence-corrected chi connectivity index (χ3v) is 1.99. The summed E-state index contributed by atoms with van der Waals surface area (Å²) in [6.07, 6.45) is 0. The number of rotatable bonds is 1. The van der Waals surface area contributed by atoms with Crippen LogP contribution in [0.4, 0.5) is 0 Å². The van der Waals surface area contributed by atoms with Gasteiger partial charge in [0.05, 0.1) is 6.04 Å². The Morgan fingerprint density at radius 3 is 2.50 bits per heavy atom. The zero-order valence-corrected chi connectivity index (χ0v) is 7.40. The van der Waals surface area contributed by atoms with Gasteiger partial charge in [-0.3, -0.25) is 4.79 Å². The lowest BCUT2D eigenvalue weighted by atomic mass is 9.78. The SMILES string of the molecule is CC(C)(C)C1NC(=O)C1N=[N+]=[N-].